The highest BCUT2D eigenvalue weighted by Gasteiger charge is 2.65. The van der Waals surface area contributed by atoms with Crippen LogP contribution in [0.5, 0.6) is 0 Å². The summed E-state index contributed by atoms with van der Waals surface area (Å²) in [6.07, 6.45) is 3.29. The van der Waals surface area contributed by atoms with Crippen molar-refractivity contribution in [1.82, 2.24) is 0 Å². The van der Waals surface area contributed by atoms with E-state index in [0.717, 1.165) is 19.3 Å². The van der Waals surface area contributed by atoms with Crippen LogP contribution in [0.4, 0.5) is 0 Å². The summed E-state index contributed by atoms with van der Waals surface area (Å²) < 4.78 is 0. The fourth-order valence-electron chi connectivity index (χ4n) is 8.72. The van der Waals surface area contributed by atoms with Crippen LogP contribution in [0, 0.1) is 0 Å². The molecule has 0 aliphatic rings. The van der Waals surface area contributed by atoms with E-state index in [1.165, 1.54) is 37.4 Å². The first-order chi connectivity index (χ1) is 23.3. The molecule has 0 aromatic heterocycles. The molecule has 0 nitrogen and oxygen atoms in total. The van der Waals surface area contributed by atoms with Crippen molar-refractivity contribution >= 4 is 46.4 Å². The summed E-state index contributed by atoms with van der Waals surface area (Å²) in [7, 11) is -4.41. The van der Waals surface area contributed by atoms with Gasteiger partial charge in [0.15, 0.2) is 0 Å². The Bertz CT molecular complexity index is 1730. The first kappa shape index (κ1) is 34.1. The molecule has 0 saturated carbocycles. The van der Waals surface area contributed by atoms with E-state index in [9.17, 15) is 0 Å². The maximum Gasteiger partial charge on any atom is 0.117 e. The first-order valence-electron chi connectivity index (χ1n) is 17.4. The quantitative estimate of drug-likeness (QED) is 0.114. The van der Waals surface area contributed by atoms with Crippen LogP contribution in [0.25, 0.3) is 0 Å². The van der Waals surface area contributed by atoms with Crippen molar-refractivity contribution in [3.05, 3.63) is 181 Å². The zero-order chi connectivity index (χ0) is 33.7. The molecule has 0 aliphatic heterocycles. The van der Waals surface area contributed by atoms with Crippen LogP contribution in [0.15, 0.2) is 176 Å². The lowest BCUT2D eigenvalue weighted by molar-refractivity contribution is 0.526. The Hall–Kier alpha value is -3.82. The van der Waals surface area contributed by atoms with Crippen LogP contribution in [-0.2, 0) is 6.42 Å². The summed E-state index contributed by atoms with van der Waals surface area (Å²) in [5, 5.41) is 8.45. The number of hydrogen-bond donors (Lipinski definition) is 0. The van der Waals surface area contributed by atoms with Gasteiger partial charge in [0.05, 0.1) is 10.3 Å². The van der Waals surface area contributed by atoms with Gasteiger partial charge in [-0.25, -0.2) is 0 Å². The molecule has 2 heteroatoms. The Labute approximate surface area is 291 Å². The summed E-state index contributed by atoms with van der Waals surface area (Å²) in [6, 6.07) is 67.0. The normalized spacial score (nSPS) is 12.5. The van der Waals surface area contributed by atoms with E-state index in [1.807, 2.05) is 0 Å². The number of hydrogen-bond acceptors (Lipinski definition) is 0. The van der Waals surface area contributed by atoms with Gasteiger partial charge in [0.25, 0.3) is 0 Å². The zero-order valence-corrected chi connectivity index (χ0v) is 31.0. The van der Waals surface area contributed by atoms with Crippen LogP contribution in [0.2, 0.25) is 0 Å². The summed E-state index contributed by atoms with van der Waals surface area (Å²) >= 11 is 0. The molecule has 6 aromatic rings. The Kier molecular flexibility index (Phi) is 10.2. The second kappa shape index (κ2) is 14.3. The van der Waals surface area contributed by atoms with Crippen LogP contribution >= 0.6 is 14.5 Å². The molecule has 6 rings (SSSR count). The third-order valence-corrected chi connectivity index (χ3v) is 20.6. The maximum absolute atomic E-state index is 2.58. The molecule has 0 N–H and O–H groups in total. The topological polar surface area (TPSA) is 0 Å². The molecule has 0 fully saturated rings. The highest BCUT2D eigenvalue weighted by molar-refractivity contribution is 7.98. The van der Waals surface area contributed by atoms with Gasteiger partial charge in [-0.2, -0.15) is 0 Å². The smallest absolute Gasteiger partial charge is 0.0651 e. The summed E-state index contributed by atoms with van der Waals surface area (Å²) in [4.78, 5) is 0. The van der Waals surface area contributed by atoms with Crippen molar-refractivity contribution in [3.63, 3.8) is 0 Å². The zero-order valence-electron chi connectivity index (χ0n) is 29.3. The van der Waals surface area contributed by atoms with Gasteiger partial charge < -0.3 is 0 Å². The molecule has 0 aliphatic carbocycles. The molecular weight excluding hydrogens is 614 g/mol. The van der Waals surface area contributed by atoms with E-state index >= 15 is 0 Å². The summed E-state index contributed by atoms with van der Waals surface area (Å²) in [6.45, 7) is 12.6. The van der Waals surface area contributed by atoms with Crippen LogP contribution in [-0.4, -0.2) is 10.3 Å². The Balaban J connectivity index is 1.65. The molecule has 0 amide bonds. The van der Waals surface area contributed by atoms with Crippen molar-refractivity contribution in [3.8, 4) is 0 Å². The van der Waals surface area contributed by atoms with Crippen molar-refractivity contribution in [2.45, 2.75) is 64.2 Å². The Morgan fingerprint density at radius 1 is 0.354 bits per heavy atom. The number of rotatable bonds is 12. The maximum atomic E-state index is 2.58. The van der Waals surface area contributed by atoms with Gasteiger partial charge in [-0.3, -0.25) is 0 Å². The number of benzene rings is 6. The molecule has 0 unspecified atom stereocenters. The van der Waals surface area contributed by atoms with Crippen molar-refractivity contribution in [2.24, 2.45) is 0 Å². The second-order valence-electron chi connectivity index (χ2n) is 14.2. The fourth-order valence-corrected chi connectivity index (χ4v) is 19.8. The van der Waals surface area contributed by atoms with Crippen LogP contribution < -0.4 is 31.8 Å². The fraction of sp³-hybridized carbons (Fsp3) is 0.217. The van der Waals surface area contributed by atoms with Crippen LogP contribution in [0.1, 0.15) is 53.0 Å². The standard InChI is InChI=1S/C46H50P2/c1-6-22-38-33-35-44(36-34-38)48(42-29-18-10-19-30-42,43-31-20-11-21-32-43)46(4,5)37-45(2,3)47(39-23-12-7-13-24-39,40-25-14-8-15-26-40)41-27-16-9-17-28-41/h7-21,23-36H,6,22,37H2,1-5H3/q+2. The third-order valence-electron chi connectivity index (χ3n) is 10.3. The van der Waals surface area contributed by atoms with E-state index in [2.05, 4.69) is 211 Å². The lowest BCUT2D eigenvalue weighted by Gasteiger charge is -2.47. The summed E-state index contributed by atoms with van der Waals surface area (Å²) in [5.41, 5.74) is 1.42. The molecule has 0 radical (unpaired) electrons. The van der Waals surface area contributed by atoms with Gasteiger partial charge >= 0.3 is 0 Å². The molecule has 0 atom stereocenters. The number of aryl methyl sites for hydroxylation is 1. The minimum Gasteiger partial charge on any atom is -0.0651 e. The molecule has 0 heterocycles. The van der Waals surface area contributed by atoms with E-state index in [1.54, 1.807) is 0 Å². The van der Waals surface area contributed by atoms with E-state index in [0.29, 0.717) is 0 Å². The van der Waals surface area contributed by atoms with Crippen molar-refractivity contribution < 1.29 is 0 Å². The molecular formula is C46H50P2+2. The van der Waals surface area contributed by atoms with Gasteiger partial charge in [-0.15, -0.1) is 0 Å². The SMILES string of the molecule is CCCc1ccc([P+](c2ccccc2)(c2ccccc2)C(C)(C)CC(C)(C)[P+](c2ccccc2)(c2ccccc2)c2ccccc2)cc1. The van der Waals surface area contributed by atoms with Crippen LogP contribution in [0.3, 0.4) is 0 Å². The van der Waals surface area contributed by atoms with Crippen molar-refractivity contribution in [2.75, 3.05) is 0 Å². The molecule has 6 aromatic carbocycles. The lowest BCUT2D eigenvalue weighted by atomic mass is 9.98. The largest absolute Gasteiger partial charge is 0.117 e. The Morgan fingerprint density at radius 2 is 0.604 bits per heavy atom. The molecule has 0 saturated heterocycles. The Morgan fingerprint density at radius 3 is 0.854 bits per heavy atom. The average molecular weight is 665 g/mol. The lowest BCUT2D eigenvalue weighted by Crippen LogP contribution is -2.51. The molecule has 0 spiro atoms. The molecule has 242 valence electrons. The van der Waals surface area contributed by atoms with E-state index in [4.69, 9.17) is 0 Å². The second-order valence-corrected chi connectivity index (χ2v) is 22.4. The van der Waals surface area contributed by atoms with Gasteiger partial charge in [-0.05, 0) is 112 Å². The first-order valence-corrected chi connectivity index (χ1v) is 21.0. The third kappa shape index (κ3) is 6.00. The highest BCUT2D eigenvalue weighted by Crippen LogP contribution is 2.74. The van der Waals surface area contributed by atoms with E-state index < -0.39 is 14.5 Å². The van der Waals surface area contributed by atoms with Crippen molar-refractivity contribution in [1.29, 1.82) is 0 Å². The minimum atomic E-state index is -2.22. The molecule has 48 heavy (non-hydrogen) atoms. The predicted octanol–water partition coefficient (Wildman–Crippen LogP) is 9.87. The van der Waals surface area contributed by atoms with Gasteiger partial charge in [0.1, 0.15) is 46.4 Å². The highest BCUT2D eigenvalue weighted by atomic mass is 31.2. The average Bonchev–Trinajstić information content (AvgIpc) is 3.11. The van der Waals surface area contributed by atoms with Gasteiger partial charge in [0.2, 0.25) is 0 Å². The van der Waals surface area contributed by atoms with E-state index in [-0.39, 0.29) is 10.3 Å². The minimum absolute atomic E-state index is 0.114. The summed E-state index contributed by atoms with van der Waals surface area (Å²) in [5.74, 6) is 0. The van der Waals surface area contributed by atoms with Gasteiger partial charge in [0, 0.05) is 6.42 Å². The van der Waals surface area contributed by atoms with Gasteiger partial charge in [-0.1, -0.05) is 116 Å². The molecule has 0 bridgehead atoms. The predicted molar refractivity (Wildman–Crippen MR) is 217 cm³/mol. The monoisotopic (exact) mass is 664 g/mol.